The van der Waals surface area contributed by atoms with Crippen molar-refractivity contribution in [1.29, 1.82) is 0 Å². The van der Waals surface area contributed by atoms with Gasteiger partial charge in [0.25, 0.3) is 0 Å². The molecule has 0 bridgehead atoms. The number of benzene rings is 2. The number of hydrogen-bond donors (Lipinski definition) is 1. The monoisotopic (exact) mass is 424 g/mol. The van der Waals surface area contributed by atoms with Crippen LogP contribution in [-0.2, 0) is 22.6 Å². The fraction of sp³-hybridized carbons (Fsp3) is 0.304. The maximum Gasteiger partial charge on any atom is 0.231 e. The fourth-order valence-electron chi connectivity index (χ4n) is 3.52. The second-order valence-corrected chi connectivity index (χ2v) is 7.20. The maximum atomic E-state index is 12.7. The topological polar surface area (TPSA) is 86.3 Å². The van der Waals surface area contributed by atoms with Crippen molar-refractivity contribution in [3.8, 4) is 23.0 Å². The Morgan fingerprint density at radius 1 is 1.10 bits per heavy atom. The lowest BCUT2D eigenvalue weighted by Gasteiger charge is -2.17. The Kier molecular flexibility index (Phi) is 5.97. The molecular weight excluding hydrogens is 400 g/mol. The van der Waals surface area contributed by atoms with Gasteiger partial charge in [-0.1, -0.05) is 6.07 Å². The molecule has 162 valence electrons. The molecule has 2 heterocycles. The molecule has 0 saturated heterocycles. The molecule has 1 N–H and O–H groups in total. The molecule has 2 aromatic rings. The summed E-state index contributed by atoms with van der Waals surface area (Å²) < 4.78 is 21.3. The molecule has 2 amide bonds. The quantitative estimate of drug-likeness (QED) is 0.735. The van der Waals surface area contributed by atoms with Crippen molar-refractivity contribution in [2.24, 2.45) is 0 Å². The minimum atomic E-state index is -0.135. The number of amides is 2. The summed E-state index contributed by atoms with van der Waals surface area (Å²) in [5.74, 6) is 2.36. The predicted molar refractivity (Wildman–Crippen MR) is 113 cm³/mol. The van der Waals surface area contributed by atoms with E-state index in [4.69, 9.17) is 18.9 Å². The molecule has 4 rings (SSSR count). The van der Waals surface area contributed by atoms with Crippen molar-refractivity contribution in [3.05, 3.63) is 53.2 Å². The van der Waals surface area contributed by atoms with Crippen LogP contribution in [0.15, 0.2) is 36.5 Å². The number of methoxy groups -OCH3 is 2. The molecule has 0 fully saturated rings. The minimum Gasteiger partial charge on any atom is -0.493 e. The highest BCUT2D eigenvalue weighted by molar-refractivity contribution is 5.85. The smallest absolute Gasteiger partial charge is 0.231 e. The molecule has 0 atom stereocenters. The van der Waals surface area contributed by atoms with Crippen LogP contribution in [0.25, 0.3) is 6.08 Å². The van der Waals surface area contributed by atoms with Crippen LogP contribution in [0, 0.1) is 0 Å². The van der Waals surface area contributed by atoms with Gasteiger partial charge in [0, 0.05) is 25.7 Å². The van der Waals surface area contributed by atoms with E-state index >= 15 is 0 Å². The molecule has 8 nitrogen and oxygen atoms in total. The van der Waals surface area contributed by atoms with Gasteiger partial charge in [0.1, 0.15) is 0 Å². The molecule has 8 heteroatoms. The van der Waals surface area contributed by atoms with E-state index in [2.05, 4.69) is 5.32 Å². The van der Waals surface area contributed by atoms with Crippen LogP contribution < -0.4 is 24.3 Å². The number of nitrogens with zero attached hydrogens (tertiary/aromatic N) is 1. The van der Waals surface area contributed by atoms with Crippen LogP contribution in [0.3, 0.4) is 0 Å². The molecule has 31 heavy (non-hydrogen) atoms. The number of carbonyl (C=O) groups excluding carboxylic acids is 2. The lowest BCUT2D eigenvalue weighted by atomic mass is 10.0. The van der Waals surface area contributed by atoms with Gasteiger partial charge in [-0.15, -0.1) is 0 Å². The van der Waals surface area contributed by atoms with E-state index in [9.17, 15) is 9.59 Å². The summed E-state index contributed by atoms with van der Waals surface area (Å²) in [6.07, 6.45) is 3.99. The normalized spacial score (nSPS) is 14.1. The van der Waals surface area contributed by atoms with Crippen LogP contribution in [0.5, 0.6) is 23.0 Å². The van der Waals surface area contributed by atoms with Gasteiger partial charge < -0.3 is 29.2 Å². The molecular formula is C23H24N2O6. The third-order valence-corrected chi connectivity index (χ3v) is 5.25. The Morgan fingerprint density at radius 3 is 2.68 bits per heavy atom. The molecule has 0 radical (unpaired) electrons. The lowest BCUT2D eigenvalue weighted by molar-refractivity contribution is -0.128. The second kappa shape index (κ2) is 8.99. The summed E-state index contributed by atoms with van der Waals surface area (Å²) >= 11 is 0. The number of hydrogen-bond acceptors (Lipinski definition) is 6. The van der Waals surface area contributed by atoms with Gasteiger partial charge in [0.2, 0.25) is 18.6 Å². The van der Waals surface area contributed by atoms with Crippen molar-refractivity contribution >= 4 is 17.9 Å². The second-order valence-electron chi connectivity index (χ2n) is 7.20. The zero-order valence-corrected chi connectivity index (χ0v) is 17.5. The number of fused-ring (bicyclic) bond motifs is 2. The summed E-state index contributed by atoms with van der Waals surface area (Å²) in [5.41, 5.74) is 2.66. The first kappa shape index (κ1) is 20.6. The Labute approximate surface area is 180 Å². The number of nitrogens with one attached hydrogen (secondary N) is 1. The maximum absolute atomic E-state index is 12.7. The van der Waals surface area contributed by atoms with Crippen LogP contribution in [-0.4, -0.2) is 44.3 Å². The summed E-state index contributed by atoms with van der Waals surface area (Å²) in [7, 11) is 3.14. The van der Waals surface area contributed by atoms with Crippen molar-refractivity contribution in [2.75, 3.05) is 27.6 Å². The van der Waals surface area contributed by atoms with Crippen LogP contribution in [0.4, 0.5) is 0 Å². The van der Waals surface area contributed by atoms with Crippen LogP contribution in [0.1, 0.15) is 23.1 Å². The molecule has 0 aromatic heterocycles. The molecule has 0 saturated carbocycles. The van der Waals surface area contributed by atoms with Crippen molar-refractivity contribution in [1.82, 2.24) is 10.2 Å². The van der Waals surface area contributed by atoms with Crippen LogP contribution >= 0.6 is 0 Å². The highest BCUT2D eigenvalue weighted by Gasteiger charge is 2.20. The molecule has 0 spiro atoms. The fourth-order valence-corrected chi connectivity index (χ4v) is 3.52. The zero-order chi connectivity index (χ0) is 21.8. The van der Waals surface area contributed by atoms with Gasteiger partial charge >= 0.3 is 0 Å². The molecule has 2 aliphatic heterocycles. The van der Waals surface area contributed by atoms with Gasteiger partial charge in [0.15, 0.2) is 23.0 Å². The molecule has 2 aromatic carbocycles. The first-order valence-electron chi connectivity index (χ1n) is 9.95. The van der Waals surface area contributed by atoms with E-state index in [1.54, 1.807) is 25.3 Å². The highest BCUT2D eigenvalue weighted by atomic mass is 16.7. The largest absolute Gasteiger partial charge is 0.493 e. The van der Waals surface area contributed by atoms with Gasteiger partial charge in [-0.05, 0) is 47.0 Å². The number of rotatable bonds is 7. The van der Waals surface area contributed by atoms with E-state index < -0.39 is 0 Å². The van der Waals surface area contributed by atoms with Gasteiger partial charge in [-0.25, -0.2) is 0 Å². The van der Waals surface area contributed by atoms with E-state index in [0.717, 1.165) is 16.7 Å². The average Bonchev–Trinajstić information content (AvgIpc) is 3.19. The Morgan fingerprint density at radius 2 is 1.87 bits per heavy atom. The van der Waals surface area contributed by atoms with E-state index in [0.29, 0.717) is 36.1 Å². The first-order chi connectivity index (χ1) is 15.1. The summed E-state index contributed by atoms with van der Waals surface area (Å²) in [5, 5.41) is 2.88. The van der Waals surface area contributed by atoms with Gasteiger partial charge in [0.05, 0.1) is 20.6 Å². The SMILES string of the molecule is COc1cc2c(cc1OC)CC(=O)N(CCC(=O)NCc1ccc3c(c1)OCO3)C=C2. The van der Waals surface area contributed by atoms with Crippen molar-refractivity contribution in [3.63, 3.8) is 0 Å². The third kappa shape index (κ3) is 4.58. The predicted octanol–water partition coefficient (Wildman–Crippen LogP) is 2.49. The van der Waals surface area contributed by atoms with E-state index in [1.807, 2.05) is 36.4 Å². The summed E-state index contributed by atoms with van der Waals surface area (Å²) in [6.45, 7) is 0.890. The third-order valence-electron chi connectivity index (χ3n) is 5.25. The first-order valence-corrected chi connectivity index (χ1v) is 9.95. The van der Waals surface area contributed by atoms with Gasteiger partial charge in [-0.2, -0.15) is 0 Å². The van der Waals surface area contributed by atoms with Crippen molar-refractivity contribution < 1.29 is 28.5 Å². The molecule has 2 aliphatic rings. The number of ether oxygens (including phenoxy) is 4. The van der Waals surface area contributed by atoms with E-state index in [-0.39, 0.29) is 31.4 Å². The standard InChI is InChI=1S/C23H24N2O6/c1-28-19-10-16-5-7-25(23(27)12-17(16)11-20(19)29-2)8-6-22(26)24-13-15-3-4-18-21(9-15)31-14-30-18/h3-5,7,9-11H,6,8,12-14H2,1-2H3,(H,24,26). The summed E-state index contributed by atoms with van der Waals surface area (Å²) in [4.78, 5) is 26.6. The minimum absolute atomic E-state index is 0.0780. The highest BCUT2D eigenvalue weighted by Crippen LogP contribution is 2.33. The molecule has 0 aliphatic carbocycles. The molecule has 0 unspecified atom stereocenters. The summed E-state index contributed by atoms with van der Waals surface area (Å²) in [6, 6.07) is 9.22. The lowest BCUT2D eigenvalue weighted by Crippen LogP contribution is -2.32. The van der Waals surface area contributed by atoms with Gasteiger partial charge in [-0.3, -0.25) is 9.59 Å². The number of carbonyl (C=O) groups is 2. The Balaban J connectivity index is 1.33. The van der Waals surface area contributed by atoms with Crippen LogP contribution in [0.2, 0.25) is 0 Å². The Hall–Kier alpha value is -3.68. The zero-order valence-electron chi connectivity index (χ0n) is 17.5. The van der Waals surface area contributed by atoms with Crippen molar-refractivity contribution in [2.45, 2.75) is 19.4 Å². The Bertz CT molecular complexity index is 1030. The average molecular weight is 424 g/mol. The van der Waals surface area contributed by atoms with E-state index in [1.165, 1.54) is 0 Å².